The fourth-order valence-corrected chi connectivity index (χ4v) is 8.98. The smallest absolute Gasteiger partial charge is 0.161 e. The van der Waals surface area contributed by atoms with E-state index in [1.165, 1.54) is 36.1 Å². The van der Waals surface area contributed by atoms with Crippen molar-refractivity contribution in [1.82, 2.24) is 10.3 Å². The van der Waals surface area contributed by atoms with Crippen LogP contribution in [0.2, 0.25) is 0 Å². The van der Waals surface area contributed by atoms with Crippen molar-refractivity contribution in [2.75, 3.05) is 26.2 Å². The number of aromatic amines is 1. The highest BCUT2D eigenvalue weighted by Gasteiger charge is 2.38. The fraction of sp³-hybridized carbons (Fsp3) is 0.556. The lowest BCUT2D eigenvalue weighted by Gasteiger charge is -2.27. The van der Waals surface area contributed by atoms with Crippen LogP contribution in [0, 0.1) is 17.8 Å². The first-order valence-corrected chi connectivity index (χ1v) is 20.5. The highest BCUT2D eigenvalue weighted by atomic mass is 16.5. The van der Waals surface area contributed by atoms with Gasteiger partial charge in [-0.1, -0.05) is 62.1 Å². The minimum atomic E-state index is -0.875. The van der Waals surface area contributed by atoms with E-state index in [2.05, 4.69) is 40.6 Å². The molecule has 1 saturated carbocycles. The summed E-state index contributed by atoms with van der Waals surface area (Å²) < 4.78 is 12.3. The number of ether oxygens (including phenoxy) is 1. The second-order valence-electron chi connectivity index (χ2n) is 16.0. The van der Waals surface area contributed by atoms with Crippen molar-refractivity contribution in [2.45, 2.75) is 115 Å². The number of aryl methyl sites for hydroxylation is 4. The van der Waals surface area contributed by atoms with Crippen LogP contribution in [0.3, 0.4) is 0 Å². The molecule has 0 unspecified atom stereocenters. The van der Waals surface area contributed by atoms with Gasteiger partial charge >= 0.3 is 0 Å². The van der Waals surface area contributed by atoms with Gasteiger partial charge in [0.2, 0.25) is 0 Å². The van der Waals surface area contributed by atoms with Crippen LogP contribution < -0.4 is 15.8 Å². The number of hydrogen-bond acceptors (Lipinski definition) is 8. The summed E-state index contributed by atoms with van der Waals surface area (Å²) in [6.45, 7) is 3.85. The average Bonchev–Trinajstić information content (AvgIpc) is 3.91. The standard InChI is InChI=1S/C45H63N3O6/c1-30(50)26-47-27-39-37-13-8-12-34(37)17-19-40-38(39)24-41(48-40)43(52)29-53-45-22-32(16-20-42(45)51)15-18-36-23-35(28-49)44(54-36)14-7-3-6-11-33(25-46)21-31-9-4-2-5-10-31/h2,4-5,9-10,16,20,22-24,30,33-34,37,39,43,47-52H,3,6-8,11-15,17-19,21,25-29,46H2,1H3/t30-,33-,34+,37-,39-,43-/m0/s1. The molecule has 2 aliphatic rings. The van der Waals surface area contributed by atoms with Crippen molar-refractivity contribution in [3.8, 4) is 11.5 Å². The van der Waals surface area contributed by atoms with Gasteiger partial charge in [0.15, 0.2) is 11.5 Å². The topological polar surface area (TPSA) is 157 Å². The molecule has 0 radical (unpaired) electrons. The molecule has 2 aromatic carbocycles. The molecule has 294 valence electrons. The molecule has 0 aliphatic heterocycles. The van der Waals surface area contributed by atoms with Crippen molar-refractivity contribution in [2.24, 2.45) is 23.5 Å². The summed E-state index contributed by atoms with van der Waals surface area (Å²) in [5.74, 6) is 4.24. The van der Waals surface area contributed by atoms with Crippen molar-refractivity contribution in [1.29, 1.82) is 0 Å². The zero-order chi connectivity index (χ0) is 37.9. The maximum atomic E-state index is 11.2. The van der Waals surface area contributed by atoms with Gasteiger partial charge in [0.25, 0.3) is 0 Å². The van der Waals surface area contributed by atoms with Crippen LogP contribution in [0.1, 0.15) is 115 Å². The Morgan fingerprint density at radius 1 is 0.963 bits per heavy atom. The van der Waals surface area contributed by atoms with E-state index in [-0.39, 0.29) is 25.1 Å². The van der Waals surface area contributed by atoms with Gasteiger partial charge in [-0.05, 0) is 117 Å². The second-order valence-corrected chi connectivity index (χ2v) is 16.0. The highest BCUT2D eigenvalue weighted by Crippen LogP contribution is 2.47. The number of nitrogens with one attached hydrogen (secondary N) is 2. The normalized spacial score (nSPS) is 19.9. The Kier molecular flexibility index (Phi) is 14.7. The third kappa shape index (κ3) is 10.8. The zero-order valence-electron chi connectivity index (χ0n) is 32.1. The van der Waals surface area contributed by atoms with E-state index in [4.69, 9.17) is 14.9 Å². The maximum Gasteiger partial charge on any atom is 0.161 e. The Bertz CT molecular complexity index is 1720. The molecular weight excluding hydrogens is 679 g/mol. The maximum absolute atomic E-state index is 11.2. The first kappa shape index (κ1) is 40.1. The predicted octanol–water partition coefficient (Wildman–Crippen LogP) is 7.04. The minimum absolute atomic E-state index is 0.00864. The summed E-state index contributed by atoms with van der Waals surface area (Å²) in [5, 5.41) is 45.2. The molecule has 9 nitrogen and oxygen atoms in total. The van der Waals surface area contributed by atoms with Crippen LogP contribution in [-0.2, 0) is 38.7 Å². The first-order chi connectivity index (χ1) is 26.3. The van der Waals surface area contributed by atoms with E-state index in [9.17, 15) is 20.4 Å². The summed E-state index contributed by atoms with van der Waals surface area (Å²) in [6.07, 6.45) is 12.1. The number of phenolic OH excluding ortho intramolecular Hbond substituents is 1. The number of phenols is 1. The lowest BCUT2D eigenvalue weighted by Crippen LogP contribution is -2.32. The van der Waals surface area contributed by atoms with E-state index in [0.717, 1.165) is 92.2 Å². The van der Waals surface area contributed by atoms with Gasteiger partial charge < -0.3 is 45.6 Å². The van der Waals surface area contributed by atoms with E-state index in [0.29, 0.717) is 49.4 Å². The Hall–Kier alpha value is -3.60. The van der Waals surface area contributed by atoms with Gasteiger partial charge in [-0.15, -0.1) is 0 Å². The van der Waals surface area contributed by atoms with Crippen LogP contribution >= 0.6 is 0 Å². The number of unbranched alkanes of at least 4 members (excludes halogenated alkanes) is 2. The molecule has 0 bridgehead atoms. The van der Waals surface area contributed by atoms with Crippen LogP contribution in [0.15, 0.2) is 65.1 Å². The zero-order valence-corrected chi connectivity index (χ0v) is 32.1. The monoisotopic (exact) mass is 741 g/mol. The molecule has 54 heavy (non-hydrogen) atoms. The molecule has 2 heterocycles. The summed E-state index contributed by atoms with van der Waals surface area (Å²) in [5.41, 5.74) is 12.5. The largest absolute Gasteiger partial charge is 0.504 e. The molecule has 2 aromatic heterocycles. The number of nitrogens with two attached hydrogens (primary N) is 1. The number of fused-ring (bicyclic) bond motifs is 2. The van der Waals surface area contributed by atoms with Gasteiger partial charge in [0.05, 0.1) is 12.7 Å². The second kappa shape index (κ2) is 19.8. The van der Waals surface area contributed by atoms with Gasteiger partial charge in [0.1, 0.15) is 24.2 Å². The SMILES string of the molecule is C[C@H](O)CNC[C@@H]1c2cc([C@@H](O)COc3cc(CCc4cc(CO)c(CCCCC[C@H](CN)Cc5ccccc5)o4)ccc3O)[nH]c2CC[C@H]2CCC[C@@H]21. The van der Waals surface area contributed by atoms with Gasteiger partial charge in [-0.2, -0.15) is 0 Å². The van der Waals surface area contributed by atoms with Crippen LogP contribution in [0.25, 0.3) is 0 Å². The number of furan rings is 1. The van der Waals surface area contributed by atoms with Crippen LogP contribution in [0.4, 0.5) is 0 Å². The van der Waals surface area contributed by atoms with E-state index in [1.54, 1.807) is 13.0 Å². The molecule has 1 fully saturated rings. The number of aliphatic hydroxyl groups is 3. The molecule has 9 heteroatoms. The van der Waals surface area contributed by atoms with Crippen LogP contribution in [0.5, 0.6) is 11.5 Å². The molecule has 0 amide bonds. The molecule has 0 spiro atoms. The lowest BCUT2D eigenvalue weighted by atomic mass is 9.80. The summed E-state index contributed by atoms with van der Waals surface area (Å²) in [6, 6.07) is 20.0. The molecule has 6 atom stereocenters. The third-order valence-electron chi connectivity index (χ3n) is 11.9. The molecular formula is C45H63N3O6. The summed E-state index contributed by atoms with van der Waals surface area (Å²) >= 11 is 0. The number of hydrogen-bond donors (Lipinski definition) is 7. The minimum Gasteiger partial charge on any atom is -0.504 e. The Morgan fingerprint density at radius 2 is 1.81 bits per heavy atom. The van der Waals surface area contributed by atoms with Crippen molar-refractivity contribution in [3.05, 3.63) is 106 Å². The average molecular weight is 742 g/mol. The third-order valence-corrected chi connectivity index (χ3v) is 11.9. The Morgan fingerprint density at radius 3 is 2.61 bits per heavy atom. The molecule has 6 rings (SSSR count). The molecule has 4 aromatic rings. The van der Waals surface area contributed by atoms with E-state index < -0.39 is 6.10 Å². The molecule has 0 saturated heterocycles. The number of aromatic hydroxyl groups is 1. The van der Waals surface area contributed by atoms with Crippen molar-refractivity contribution >= 4 is 0 Å². The number of aromatic nitrogens is 1. The van der Waals surface area contributed by atoms with Gasteiger partial charge in [-0.25, -0.2) is 0 Å². The molecule has 2 aliphatic carbocycles. The Labute approximate surface area is 321 Å². The van der Waals surface area contributed by atoms with Crippen LogP contribution in [-0.4, -0.2) is 57.8 Å². The summed E-state index contributed by atoms with van der Waals surface area (Å²) in [7, 11) is 0. The molecule has 8 N–H and O–H groups in total. The highest BCUT2D eigenvalue weighted by molar-refractivity contribution is 5.42. The fourth-order valence-electron chi connectivity index (χ4n) is 8.98. The van der Waals surface area contributed by atoms with E-state index >= 15 is 0 Å². The van der Waals surface area contributed by atoms with Crippen molar-refractivity contribution in [3.63, 3.8) is 0 Å². The quantitative estimate of drug-likeness (QED) is 0.0449. The van der Waals surface area contributed by atoms with Crippen molar-refractivity contribution < 1.29 is 29.6 Å². The number of rotatable bonds is 21. The first-order valence-electron chi connectivity index (χ1n) is 20.5. The van der Waals surface area contributed by atoms with Gasteiger partial charge in [-0.3, -0.25) is 0 Å². The summed E-state index contributed by atoms with van der Waals surface area (Å²) in [4.78, 5) is 3.54. The number of H-pyrrole nitrogens is 1. The number of aliphatic hydroxyl groups excluding tert-OH is 3. The number of benzene rings is 2. The lowest BCUT2D eigenvalue weighted by molar-refractivity contribution is 0.103. The van der Waals surface area contributed by atoms with Gasteiger partial charge in [0, 0.05) is 48.8 Å². The predicted molar refractivity (Wildman–Crippen MR) is 213 cm³/mol. The Balaban J connectivity index is 0.987. The van der Waals surface area contributed by atoms with E-state index in [1.807, 2.05) is 24.3 Å².